The molecule has 0 saturated heterocycles. The summed E-state index contributed by atoms with van der Waals surface area (Å²) >= 11 is 0. The Hall–Kier alpha value is -0.760. The summed E-state index contributed by atoms with van der Waals surface area (Å²) in [7, 11) is 2.07. The standard InChI is InChI=1S/C13H22N2/c1-15-9-7-13(11-15)10-14-8-6-12-4-2-3-5-12/h7,9,11-12,14H,2-6,8,10H2,1H3. The fraction of sp³-hybridized carbons (Fsp3) is 0.692. The smallest absolute Gasteiger partial charge is 0.0220 e. The molecule has 0 atom stereocenters. The maximum absolute atomic E-state index is 3.53. The van der Waals surface area contributed by atoms with Crippen molar-refractivity contribution < 1.29 is 0 Å². The zero-order valence-electron chi connectivity index (χ0n) is 9.71. The Bertz CT molecular complexity index is 284. The first-order valence-electron chi connectivity index (χ1n) is 6.16. The number of hydrogen-bond acceptors (Lipinski definition) is 1. The highest BCUT2D eigenvalue weighted by atomic mass is 14.9. The van der Waals surface area contributed by atoms with Crippen LogP contribution in [-0.4, -0.2) is 11.1 Å². The summed E-state index contributed by atoms with van der Waals surface area (Å²) in [6.07, 6.45) is 11.5. The lowest BCUT2D eigenvalue weighted by Gasteiger charge is -2.08. The molecule has 1 N–H and O–H groups in total. The molecular formula is C13H22N2. The Balaban J connectivity index is 1.58. The molecule has 1 fully saturated rings. The maximum Gasteiger partial charge on any atom is 0.0220 e. The average molecular weight is 206 g/mol. The van der Waals surface area contributed by atoms with E-state index in [4.69, 9.17) is 0 Å². The Labute approximate surface area is 92.7 Å². The third-order valence-electron chi connectivity index (χ3n) is 3.43. The molecule has 1 saturated carbocycles. The molecule has 0 radical (unpaired) electrons. The van der Waals surface area contributed by atoms with E-state index in [1.54, 1.807) is 0 Å². The molecule has 15 heavy (non-hydrogen) atoms. The Morgan fingerprint density at radius 1 is 1.40 bits per heavy atom. The number of aromatic nitrogens is 1. The van der Waals surface area contributed by atoms with Crippen molar-refractivity contribution in [2.45, 2.75) is 38.6 Å². The second-order valence-electron chi connectivity index (χ2n) is 4.80. The summed E-state index contributed by atoms with van der Waals surface area (Å²) in [5.74, 6) is 1.01. The molecule has 0 spiro atoms. The molecule has 1 heterocycles. The molecule has 0 aliphatic heterocycles. The fourth-order valence-electron chi connectivity index (χ4n) is 2.50. The lowest BCUT2D eigenvalue weighted by atomic mass is 10.0. The lowest BCUT2D eigenvalue weighted by Crippen LogP contribution is -2.16. The third-order valence-corrected chi connectivity index (χ3v) is 3.43. The van der Waals surface area contributed by atoms with Crippen LogP contribution in [0.2, 0.25) is 0 Å². The minimum Gasteiger partial charge on any atom is -0.357 e. The summed E-state index contributed by atoms with van der Waals surface area (Å²) < 4.78 is 2.11. The van der Waals surface area contributed by atoms with E-state index in [1.807, 2.05) is 0 Å². The van der Waals surface area contributed by atoms with E-state index >= 15 is 0 Å². The first-order chi connectivity index (χ1) is 7.34. The number of hydrogen-bond donors (Lipinski definition) is 1. The van der Waals surface area contributed by atoms with Crippen molar-refractivity contribution in [1.82, 2.24) is 9.88 Å². The largest absolute Gasteiger partial charge is 0.357 e. The van der Waals surface area contributed by atoms with Gasteiger partial charge in [0.05, 0.1) is 0 Å². The molecular weight excluding hydrogens is 184 g/mol. The average Bonchev–Trinajstić information content (AvgIpc) is 2.84. The van der Waals surface area contributed by atoms with E-state index in [-0.39, 0.29) is 0 Å². The van der Waals surface area contributed by atoms with E-state index in [2.05, 4.69) is 35.4 Å². The molecule has 0 amide bonds. The van der Waals surface area contributed by atoms with Gasteiger partial charge in [0, 0.05) is 26.0 Å². The van der Waals surface area contributed by atoms with Gasteiger partial charge in [-0.25, -0.2) is 0 Å². The third kappa shape index (κ3) is 3.38. The second-order valence-corrected chi connectivity index (χ2v) is 4.80. The topological polar surface area (TPSA) is 17.0 Å². The molecule has 1 aromatic rings. The predicted octanol–water partition coefficient (Wildman–Crippen LogP) is 2.70. The summed E-state index contributed by atoms with van der Waals surface area (Å²) in [5.41, 5.74) is 1.39. The SMILES string of the molecule is Cn1ccc(CNCCC2CCCC2)c1. The van der Waals surface area contributed by atoms with Crippen molar-refractivity contribution in [1.29, 1.82) is 0 Å². The van der Waals surface area contributed by atoms with Gasteiger partial charge in [0.15, 0.2) is 0 Å². The Morgan fingerprint density at radius 2 is 2.20 bits per heavy atom. The van der Waals surface area contributed by atoms with Crippen LogP contribution in [0.5, 0.6) is 0 Å². The summed E-state index contributed by atoms with van der Waals surface area (Å²) in [5, 5.41) is 3.53. The molecule has 1 aliphatic rings. The molecule has 2 nitrogen and oxygen atoms in total. The normalized spacial score (nSPS) is 17.4. The highest BCUT2D eigenvalue weighted by Gasteiger charge is 2.13. The Kier molecular flexibility index (Phi) is 3.84. The quantitative estimate of drug-likeness (QED) is 0.733. The number of aryl methyl sites for hydroxylation is 1. The summed E-state index contributed by atoms with van der Waals surface area (Å²) in [6.45, 7) is 2.20. The van der Waals surface area contributed by atoms with Crippen LogP contribution in [0.15, 0.2) is 18.5 Å². The number of nitrogens with one attached hydrogen (secondary N) is 1. The van der Waals surface area contributed by atoms with E-state index < -0.39 is 0 Å². The molecule has 1 aromatic heterocycles. The lowest BCUT2D eigenvalue weighted by molar-refractivity contribution is 0.477. The van der Waals surface area contributed by atoms with Crippen LogP contribution in [0, 0.1) is 5.92 Å². The van der Waals surface area contributed by atoms with E-state index in [0.717, 1.165) is 12.5 Å². The van der Waals surface area contributed by atoms with Crippen LogP contribution in [0.4, 0.5) is 0 Å². The zero-order valence-corrected chi connectivity index (χ0v) is 9.71. The molecule has 0 aromatic carbocycles. The highest BCUT2D eigenvalue weighted by Crippen LogP contribution is 2.26. The number of rotatable bonds is 5. The summed E-state index contributed by atoms with van der Waals surface area (Å²) in [6, 6.07) is 2.18. The summed E-state index contributed by atoms with van der Waals surface area (Å²) in [4.78, 5) is 0. The maximum atomic E-state index is 3.53. The molecule has 84 valence electrons. The van der Waals surface area contributed by atoms with Gasteiger partial charge in [-0.05, 0) is 30.5 Å². The number of nitrogens with zero attached hydrogens (tertiary/aromatic N) is 1. The second kappa shape index (κ2) is 5.36. The van der Waals surface area contributed by atoms with Gasteiger partial charge in [0.1, 0.15) is 0 Å². The van der Waals surface area contributed by atoms with Gasteiger partial charge in [-0.2, -0.15) is 0 Å². The first kappa shape index (κ1) is 10.7. The molecule has 1 aliphatic carbocycles. The van der Waals surface area contributed by atoms with E-state index in [9.17, 15) is 0 Å². The van der Waals surface area contributed by atoms with Crippen LogP contribution in [0.3, 0.4) is 0 Å². The first-order valence-corrected chi connectivity index (χ1v) is 6.16. The zero-order chi connectivity index (χ0) is 10.5. The van der Waals surface area contributed by atoms with E-state index in [1.165, 1.54) is 44.2 Å². The minimum atomic E-state index is 1.01. The van der Waals surface area contributed by atoms with Gasteiger partial charge in [0.25, 0.3) is 0 Å². The Morgan fingerprint density at radius 3 is 2.87 bits per heavy atom. The predicted molar refractivity (Wildman–Crippen MR) is 63.7 cm³/mol. The van der Waals surface area contributed by atoms with Crippen LogP contribution >= 0.6 is 0 Å². The monoisotopic (exact) mass is 206 g/mol. The molecule has 0 unspecified atom stereocenters. The van der Waals surface area contributed by atoms with Gasteiger partial charge in [-0.15, -0.1) is 0 Å². The van der Waals surface area contributed by atoms with Crippen molar-refractivity contribution in [3.8, 4) is 0 Å². The van der Waals surface area contributed by atoms with Crippen LogP contribution in [-0.2, 0) is 13.6 Å². The molecule has 0 bridgehead atoms. The fourth-order valence-corrected chi connectivity index (χ4v) is 2.50. The van der Waals surface area contributed by atoms with E-state index in [0.29, 0.717) is 0 Å². The van der Waals surface area contributed by atoms with Crippen LogP contribution < -0.4 is 5.32 Å². The van der Waals surface area contributed by atoms with Crippen molar-refractivity contribution in [3.63, 3.8) is 0 Å². The molecule has 2 rings (SSSR count). The van der Waals surface area contributed by atoms with Gasteiger partial charge < -0.3 is 9.88 Å². The van der Waals surface area contributed by atoms with Gasteiger partial charge in [-0.1, -0.05) is 25.7 Å². The van der Waals surface area contributed by atoms with Gasteiger partial charge in [0.2, 0.25) is 0 Å². The highest BCUT2D eigenvalue weighted by molar-refractivity contribution is 5.09. The molecule has 2 heteroatoms. The van der Waals surface area contributed by atoms with Crippen molar-refractivity contribution in [3.05, 3.63) is 24.0 Å². The van der Waals surface area contributed by atoms with Crippen LogP contribution in [0.1, 0.15) is 37.7 Å². The van der Waals surface area contributed by atoms with Gasteiger partial charge in [-0.3, -0.25) is 0 Å². The van der Waals surface area contributed by atoms with Crippen molar-refractivity contribution in [2.75, 3.05) is 6.54 Å². The van der Waals surface area contributed by atoms with Crippen molar-refractivity contribution >= 4 is 0 Å². The van der Waals surface area contributed by atoms with Gasteiger partial charge >= 0.3 is 0 Å². The van der Waals surface area contributed by atoms with Crippen molar-refractivity contribution in [2.24, 2.45) is 13.0 Å². The van der Waals surface area contributed by atoms with Crippen LogP contribution in [0.25, 0.3) is 0 Å². The minimum absolute atomic E-state index is 1.01.